The Balaban J connectivity index is 1.49. The number of fused-ring (bicyclic) bond motifs is 4. The molecule has 4 heterocycles. The maximum absolute atomic E-state index is 13.6. The molecule has 182 valence electrons. The highest BCUT2D eigenvalue weighted by Gasteiger charge is 2.36. The van der Waals surface area contributed by atoms with Crippen LogP contribution in [0.3, 0.4) is 0 Å². The Bertz CT molecular complexity index is 1060. The monoisotopic (exact) mass is 469 g/mol. The Kier molecular flexibility index (Phi) is 6.53. The number of carbonyl (C=O) groups is 2. The van der Waals surface area contributed by atoms with Crippen LogP contribution in [0.5, 0.6) is 5.75 Å². The zero-order valence-electron chi connectivity index (χ0n) is 19.3. The molecular formula is C24H31N5O5. The normalized spacial score (nSPS) is 28.2. The Morgan fingerprint density at radius 2 is 2.03 bits per heavy atom. The Labute approximate surface area is 198 Å². The van der Waals surface area contributed by atoms with Gasteiger partial charge in [0.1, 0.15) is 17.9 Å². The molecule has 3 N–H and O–H groups in total. The first-order valence-electron chi connectivity index (χ1n) is 11.9. The Morgan fingerprint density at radius 3 is 2.85 bits per heavy atom. The molecule has 2 aromatic rings. The van der Waals surface area contributed by atoms with Gasteiger partial charge in [-0.3, -0.25) is 14.3 Å². The van der Waals surface area contributed by atoms with E-state index < -0.39 is 18.2 Å². The number of hydrogen-bond donors (Lipinski definition) is 3. The van der Waals surface area contributed by atoms with Crippen molar-refractivity contribution in [3.8, 4) is 16.9 Å². The summed E-state index contributed by atoms with van der Waals surface area (Å²) in [6.07, 6.45) is 4.44. The summed E-state index contributed by atoms with van der Waals surface area (Å²) in [5.41, 5.74) is 2.25. The molecule has 2 bridgehead atoms. The van der Waals surface area contributed by atoms with Crippen molar-refractivity contribution < 1.29 is 24.2 Å². The molecular weight excluding hydrogens is 438 g/mol. The van der Waals surface area contributed by atoms with E-state index >= 15 is 0 Å². The number of aliphatic hydroxyl groups is 1. The van der Waals surface area contributed by atoms with E-state index in [2.05, 4.69) is 15.7 Å². The summed E-state index contributed by atoms with van der Waals surface area (Å²) in [4.78, 5) is 28.3. The van der Waals surface area contributed by atoms with Crippen LogP contribution < -0.4 is 15.4 Å². The third-order valence-electron chi connectivity index (χ3n) is 6.81. The summed E-state index contributed by atoms with van der Waals surface area (Å²) in [7, 11) is 1.85. The molecule has 0 spiro atoms. The van der Waals surface area contributed by atoms with Crippen molar-refractivity contribution in [1.29, 1.82) is 0 Å². The van der Waals surface area contributed by atoms with E-state index in [-0.39, 0.29) is 24.5 Å². The van der Waals surface area contributed by atoms with Crippen molar-refractivity contribution in [2.45, 2.75) is 43.6 Å². The number of aliphatic hydroxyl groups excluding tert-OH is 1. The van der Waals surface area contributed by atoms with E-state index in [9.17, 15) is 14.7 Å². The van der Waals surface area contributed by atoms with Crippen molar-refractivity contribution in [1.82, 2.24) is 25.3 Å². The summed E-state index contributed by atoms with van der Waals surface area (Å²) < 4.78 is 14.0. The van der Waals surface area contributed by atoms with Gasteiger partial charge in [-0.25, -0.2) is 0 Å². The van der Waals surface area contributed by atoms with Crippen LogP contribution >= 0.6 is 0 Å². The van der Waals surface area contributed by atoms with Crippen LogP contribution in [0.25, 0.3) is 11.1 Å². The summed E-state index contributed by atoms with van der Waals surface area (Å²) in [5.74, 6) is -0.0126. The number of aromatic nitrogens is 2. The van der Waals surface area contributed by atoms with Gasteiger partial charge >= 0.3 is 0 Å². The second kappa shape index (κ2) is 9.73. The van der Waals surface area contributed by atoms with Crippen LogP contribution in [0.15, 0.2) is 30.6 Å². The number of carbonyl (C=O) groups excluding carboxylic acids is 2. The fourth-order valence-corrected chi connectivity index (χ4v) is 4.87. The smallest absolute Gasteiger partial charge is 0.258 e. The molecule has 3 aliphatic rings. The van der Waals surface area contributed by atoms with E-state index in [1.54, 1.807) is 21.8 Å². The minimum atomic E-state index is -0.661. The van der Waals surface area contributed by atoms with Gasteiger partial charge < -0.3 is 30.1 Å². The molecule has 0 aliphatic carbocycles. The molecule has 5 rings (SSSR count). The van der Waals surface area contributed by atoms with Crippen molar-refractivity contribution in [2.24, 2.45) is 7.05 Å². The molecule has 34 heavy (non-hydrogen) atoms. The predicted octanol–water partition coefficient (Wildman–Crippen LogP) is 0.308. The highest BCUT2D eigenvalue weighted by Crippen LogP contribution is 2.30. The third kappa shape index (κ3) is 4.66. The lowest BCUT2D eigenvalue weighted by Crippen LogP contribution is -2.60. The molecule has 2 fully saturated rings. The van der Waals surface area contributed by atoms with Crippen LogP contribution in [0.1, 0.15) is 29.6 Å². The number of hydrogen-bond acceptors (Lipinski definition) is 7. The standard InChI is InChI=1S/C24H31N5O5/c1-28-14-16(11-27-28)15-2-4-18-21(10-15)33-9-6-17-3-5-20(30)22(34-17)13-26-23(31)19-12-25-7-8-29(19)24(18)32/h2,4,10-11,14,17,19-20,22,25,30H,3,5-9,12-13H2,1H3,(H,26,31)/t17-,19-,20-,22+/m0/s1. The summed E-state index contributed by atoms with van der Waals surface area (Å²) in [6.45, 7) is 1.96. The zero-order chi connectivity index (χ0) is 23.7. The van der Waals surface area contributed by atoms with Gasteiger partial charge in [0.15, 0.2) is 0 Å². The molecule has 0 radical (unpaired) electrons. The first-order chi connectivity index (χ1) is 16.5. The number of aryl methyl sites for hydroxylation is 1. The topological polar surface area (TPSA) is 118 Å². The van der Waals surface area contributed by atoms with Crippen LogP contribution in [0, 0.1) is 0 Å². The third-order valence-corrected chi connectivity index (χ3v) is 6.81. The van der Waals surface area contributed by atoms with Gasteiger partial charge in [0.2, 0.25) is 5.91 Å². The molecule has 0 saturated carbocycles. The lowest BCUT2D eigenvalue weighted by molar-refractivity contribution is -0.134. The van der Waals surface area contributed by atoms with Crippen LogP contribution in [0.4, 0.5) is 0 Å². The van der Waals surface area contributed by atoms with Crippen LogP contribution in [-0.2, 0) is 16.6 Å². The number of benzene rings is 1. The van der Waals surface area contributed by atoms with Gasteiger partial charge in [0, 0.05) is 51.4 Å². The minimum Gasteiger partial charge on any atom is -0.493 e. The molecule has 2 saturated heterocycles. The van der Waals surface area contributed by atoms with E-state index in [4.69, 9.17) is 9.47 Å². The minimum absolute atomic E-state index is 0.0817. The van der Waals surface area contributed by atoms with Crippen LogP contribution in [0.2, 0.25) is 0 Å². The lowest BCUT2D eigenvalue weighted by atomic mass is 9.99. The van der Waals surface area contributed by atoms with Gasteiger partial charge in [-0.1, -0.05) is 6.07 Å². The van der Waals surface area contributed by atoms with E-state index in [0.717, 1.165) is 17.5 Å². The summed E-state index contributed by atoms with van der Waals surface area (Å²) in [5, 5.41) is 20.7. The first kappa shape index (κ1) is 22.8. The number of rotatable bonds is 1. The van der Waals surface area contributed by atoms with Crippen molar-refractivity contribution in [2.75, 3.05) is 32.8 Å². The van der Waals surface area contributed by atoms with Gasteiger partial charge in [0.25, 0.3) is 5.91 Å². The summed E-state index contributed by atoms with van der Waals surface area (Å²) in [6, 6.07) is 4.86. The second-order valence-corrected chi connectivity index (χ2v) is 9.16. The molecule has 4 atom stereocenters. The number of nitrogens with one attached hydrogen (secondary N) is 2. The van der Waals surface area contributed by atoms with E-state index in [1.165, 1.54) is 0 Å². The van der Waals surface area contributed by atoms with Gasteiger partial charge in [0.05, 0.1) is 30.6 Å². The highest BCUT2D eigenvalue weighted by atomic mass is 16.5. The zero-order valence-corrected chi connectivity index (χ0v) is 19.3. The summed E-state index contributed by atoms with van der Waals surface area (Å²) >= 11 is 0. The average molecular weight is 470 g/mol. The van der Waals surface area contributed by atoms with Gasteiger partial charge in [-0.05, 0) is 30.5 Å². The molecule has 3 aliphatic heterocycles. The Hall–Kier alpha value is -2.95. The maximum atomic E-state index is 13.6. The number of amides is 2. The van der Waals surface area contributed by atoms with Gasteiger partial charge in [-0.15, -0.1) is 0 Å². The largest absolute Gasteiger partial charge is 0.493 e. The molecule has 2 amide bonds. The highest BCUT2D eigenvalue weighted by molar-refractivity contribution is 6.00. The first-order valence-corrected chi connectivity index (χ1v) is 11.9. The number of ether oxygens (including phenoxy) is 2. The van der Waals surface area contributed by atoms with Crippen molar-refractivity contribution in [3.05, 3.63) is 36.2 Å². The fraction of sp³-hybridized carbons (Fsp3) is 0.542. The maximum Gasteiger partial charge on any atom is 0.258 e. The van der Waals surface area contributed by atoms with Crippen molar-refractivity contribution in [3.63, 3.8) is 0 Å². The second-order valence-electron chi connectivity index (χ2n) is 9.16. The van der Waals surface area contributed by atoms with Crippen LogP contribution in [-0.4, -0.2) is 88.7 Å². The molecule has 10 nitrogen and oxygen atoms in total. The molecule has 0 unspecified atom stereocenters. The predicted molar refractivity (Wildman–Crippen MR) is 123 cm³/mol. The lowest BCUT2D eigenvalue weighted by Gasteiger charge is -2.37. The van der Waals surface area contributed by atoms with E-state index in [1.807, 2.05) is 25.4 Å². The molecule has 1 aromatic heterocycles. The molecule has 1 aromatic carbocycles. The SMILES string of the molecule is Cn1cc(-c2ccc3c(c2)OCC[C@@H]2CC[C@H](O)[C@@H](CNC(=O)[C@@H]4CNCCN4C3=O)O2)cn1. The number of piperazine rings is 1. The average Bonchev–Trinajstić information content (AvgIpc) is 3.29. The van der Waals surface area contributed by atoms with Crippen molar-refractivity contribution >= 4 is 11.8 Å². The molecule has 10 heteroatoms. The fourth-order valence-electron chi connectivity index (χ4n) is 4.87. The van der Waals surface area contributed by atoms with E-state index in [0.29, 0.717) is 50.4 Å². The quantitative estimate of drug-likeness (QED) is 0.550. The Morgan fingerprint density at radius 1 is 1.15 bits per heavy atom. The number of nitrogens with zero attached hydrogens (tertiary/aromatic N) is 3. The van der Waals surface area contributed by atoms with Gasteiger partial charge in [-0.2, -0.15) is 5.10 Å².